The highest BCUT2D eigenvalue weighted by atomic mass is 35.5. The molecule has 2 fully saturated rings. The molecule has 10 rings (SSSR count). The predicted molar refractivity (Wildman–Crippen MR) is 249 cm³/mol. The number of nitrogens with one attached hydrogen (secondary N) is 1. The number of benzene rings is 3. The van der Waals surface area contributed by atoms with Gasteiger partial charge in [-0.05, 0) is 92.1 Å². The number of esters is 3. The summed E-state index contributed by atoms with van der Waals surface area (Å²) in [5, 5.41) is 15.4. The van der Waals surface area contributed by atoms with Crippen LogP contribution in [0.2, 0.25) is 5.02 Å². The van der Waals surface area contributed by atoms with Gasteiger partial charge in [0.05, 0.1) is 25.8 Å². The third-order valence-electron chi connectivity index (χ3n) is 16.2. The highest BCUT2D eigenvalue weighted by Gasteiger charge is 2.78. The van der Waals surface area contributed by atoms with Gasteiger partial charge in [0.2, 0.25) is 0 Å². The molecule has 342 valence electrons. The lowest BCUT2D eigenvalue weighted by molar-refractivity contribution is -0.228. The number of para-hydroxylation sites is 1. The Morgan fingerprint density at radius 1 is 1.00 bits per heavy atom. The van der Waals surface area contributed by atoms with Gasteiger partial charge in [-0.2, -0.15) is 0 Å². The zero-order valence-electron chi connectivity index (χ0n) is 38.1. The average Bonchev–Trinajstić information content (AvgIpc) is 3.97. The number of halogens is 1. The van der Waals surface area contributed by atoms with Crippen LogP contribution in [-0.4, -0.2) is 122 Å². The van der Waals surface area contributed by atoms with Crippen molar-refractivity contribution in [3.8, 4) is 5.75 Å². The number of nitrogens with zero attached hydrogens (tertiary/aromatic N) is 3. The molecule has 1 aromatic heterocycles. The molecule has 65 heavy (non-hydrogen) atoms. The number of hydrogen-bond acceptors (Lipinski definition) is 11. The Kier molecular flexibility index (Phi) is 10.8. The Bertz CT molecular complexity index is 2640. The van der Waals surface area contributed by atoms with Gasteiger partial charge in [0.15, 0.2) is 5.60 Å². The largest absolute Gasteiger partial charge is 0.496 e. The molecule has 13 heteroatoms. The van der Waals surface area contributed by atoms with Crippen molar-refractivity contribution in [1.29, 1.82) is 0 Å². The number of hydrogen-bond donors (Lipinski definition) is 2. The lowest BCUT2D eigenvalue weighted by Gasteiger charge is -2.64. The number of carbonyl (C=O) groups is 3. The quantitative estimate of drug-likeness (QED) is 0.101. The summed E-state index contributed by atoms with van der Waals surface area (Å²) in [7, 11) is 5.07. The molecule has 2 N–H and O–H groups in total. The fraction of sp³-hybridized carbons (Fsp3) is 0.481. The van der Waals surface area contributed by atoms with Crippen LogP contribution in [0.3, 0.4) is 0 Å². The van der Waals surface area contributed by atoms with Gasteiger partial charge in [-0.15, -0.1) is 0 Å². The number of H-pyrrole nitrogens is 1. The standard InChI is InChI=1S/C52H59ClN4O8/c1-7-32-24-33-27-51(48(60)63-6,43-37(18-22-56(28-32)29-33)36-12-9-10-13-40(36)54-43)39-25-38-41(26-42(39)62-5)55(4)46-50(38)20-23-57-21-11-19-49(8-2,45(50)57)47(65-31(3)58)52(46,61)30-64-44(59)34-14-16-35(53)17-15-34/h9-17,19,24-26,33,45-47,54,61H,7-8,18,20-23,27-30H2,1-6H3/t33-,45?,46+,47+,49+,50+,51-,52-/m0/s1. The van der Waals surface area contributed by atoms with Crippen LogP contribution >= 0.6 is 11.6 Å². The van der Waals surface area contributed by atoms with Crippen molar-refractivity contribution >= 4 is 46.1 Å². The summed E-state index contributed by atoms with van der Waals surface area (Å²) in [4.78, 5) is 53.5. The van der Waals surface area contributed by atoms with Crippen molar-refractivity contribution < 1.29 is 38.4 Å². The Hall–Kier alpha value is -5.14. The molecule has 6 aliphatic rings. The van der Waals surface area contributed by atoms with Crippen LogP contribution < -0.4 is 9.64 Å². The third kappa shape index (κ3) is 6.30. The van der Waals surface area contributed by atoms with E-state index < -0.39 is 52.5 Å². The van der Waals surface area contributed by atoms with Gasteiger partial charge in [0.25, 0.3) is 0 Å². The summed E-state index contributed by atoms with van der Waals surface area (Å²) >= 11 is 6.18. The highest BCUT2D eigenvalue weighted by Crippen LogP contribution is 2.68. The summed E-state index contributed by atoms with van der Waals surface area (Å²) in [6, 6.07) is 17.9. The van der Waals surface area contributed by atoms with Gasteiger partial charge in [-0.1, -0.05) is 67.4 Å². The third-order valence-corrected chi connectivity index (χ3v) is 16.4. The molecule has 1 aliphatic carbocycles. The zero-order valence-corrected chi connectivity index (χ0v) is 38.9. The van der Waals surface area contributed by atoms with Gasteiger partial charge in [0, 0.05) is 96.0 Å². The molecule has 6 heterocycles. The van der Waals surface area contributed by atoms with Crippen LogP contribution in [0.4, 0.5) is 5.69 Å². The maximum atomic E-state index is 15.4. The van der Waals surface area contributed by atoms with Crippen molar-refractivity contribution in [2.75, 3.05) is 65.5 Å². The van der Waals surface area contributed by atoms with E-state index in [4.69, 9.17) is 30.5 Å². The Morgan fingerprint density at radius 2 is 1.78 bits per heavy atom. The summed E-state index contributed by atoms with van der Waals surface area (Å²) < 4.78 is 25.0. The average molecular weight is 904 g/mol. The summed E-state index contributed by atoms with van der Waals surface area (Å²) in [6.45, 7) is 9.08. The first kappa shape index (κ1) is 43.7. The van der Waals surface area contributed by atoms with E-state index in [2.05, 4.69) is 70.0 Å². The lowest BCUT2D eigenvalue weighted by Crippen LogP contribution is -2.80. The molecule has 2 unspecified atom stereocenters. The van der Waals surface area contributed by atoms with E-state index in [-0.39, 0.29) is 23.5 Å². The number of ether oxygens (including phenoxy) is 4. The lowest BCUT2D eigenvalue weighted by atomic mass is 9.47. The summed E-state index contributed by atoms with van der Waals surface area (Å²) in [5.74, 6) is -1.03. The van der Waals surface area contributed by atoms with E-state index in [1.807, 2.05) is 25.2 Å². The van der Waals surface area contributed by atoms with Gasteiger partial charge < -0.3 is 33.9 Å². The van der Waals surface area contributed by atoms with E-state index in [9.17, 15) is 14.7 Å². The Balaban J connectivity index is 1.23. The first-order chi connectivity index (χ1) is 31.3. The number of methoxy groups -OCH3 is 2. The maximum absolute atomic E-state index is 15.4. The van der Waals surface area contributed by atoms with Crippen molar-refractivity contribution in [1.82, 2.24) is 14.8 Å². The van der Waals surface area contributed by atoms with E-state index in [1.54, 1.807) is 31.4 Å². The first-order valence-electron chi connectivity index (χ1n) is 23.1. The number of aromatic amines is 1. The van der Waals surface area contributed by atoms with Gasteiger partial charge in [-0.3, -0.25) is 19.4 Å². The number of fused-ring (bicyclic) bond motifs is 6. The zero-order chi connectivity index (χ0) is 45.6. The molecule has 0 amide bonds. The molecule has 0 radical (unpaired) electrons. The summed E-state index contributed by atoms with van der Waals surface area (Å²) in [6.07, 6.45) is 8.75. The number of rotatable bonds is 9. The molecule has 1 spiro atoms. The molecular formula is C52H59ClN4O8. The monoisotopic (exact) mass is 902 g/mol. The molecule has 1 saturated heterocycles. The van der Waals surface area contributed by atoms with Crippen LogP contribution in [0.5, 0.6) is 5.75 Å². The highest BCUT2D eigenvalue weighted by molar-refractivity contribution is 6.30. The van der Waals surface area contributed by atoms with E-state index in [0.29, 0.717) is 48.7 Å². The molecular weight excluding hydrogens is 844 g/mol. The van der Waals surface area contributed by atoms with Crippen LogP contribution in [0.25, 0.3) is 10.9 Å². The van der Waals surface area contributed by atoms with E-state index in [0.717, 1.165) is 65.9 Å². The molecule has 5 aliphatic heterocycles. The molecule has 12 nitrogen and oxygen atoms in total. The number of aromatic nitrogens is 1. The molecule has 2 bridgehead atoms. The second-order valence-electron chi connectivity index (χ2n) is 19.3. The van der Waals surface area contributed by atoms with E-state index in [1.165, 1.54) is 19.6 Å². The van der Waals surface area contributed by atoms with Crippen LogP contribution in [0.1, 0.15) is 79.2 Å². The van der Waals surface area contributed by atoms with Crippen LogP contribution in [-0.2, 0) is 41.1 Å². The summed E-state index contributed by atoms with van der Waals surface area (Å²) in [5.41, 5.74) is 1.93. The van der Waals surface area contributed by atoms with Crippen molar-refractivity contribution in [3.05, 3.63) is 117 Å². The molecule has 4 aromatic rings. The minimum Gasteiger partial charge on any atom is -0.496 e. The Morgan fingerprint density at radius 3 is 2.51 bits per heavy atom. The smallest absolute Gasteiger partial charge is 0.338 e. The first-order valence-corrected chi connectivity index (χ1v) is 23.5. The predicted octanol–water partition coefficient (Wildman–Crippen LogP) is 7.13. The van der Waals surface area contributed by atoms with Gasteiger partial charge >= 0.3 is 17.9 Å². The Labute approximate surface area is 385 Å². The topological polar surface area (TPSA) is 134 Å². The minimum absolute atomic E-state index is 0.0134. The second-order valence-corrected chi connectivity index (χ2v) is 19.7. The molecule has 9 atom stereocenters. The molecule has 1 saturated carbocycles. The number of likely N-dealkylation sites (N-methyl/N-ethyl adjacent to an activating group) is 1. The fourth-order valence-corrected chi connectivity index (χ4v) is 13.9. The molecule has 3 aromatic carbocycles. The number of aliphatic hydroxyl groups is 1. The van der Waals surface area contributed by atoms with Crippen LogP contribution in [0.15, 0.2) is 84.5 Å². The van der Waals surface area contributed by atoms with Gasteiger partial charge in [0.1, 0.15) is 23.9 Å². The normalized spacial score (nSPS) is 32.2. The van der Waals surface area contributed by atoms with E-state index >= 15 is 4.79 Å². The van der Waals surface area contributed by atoms with Crippen molar-refractivity contribution in [2.24, 2.45) is 11.3 Å². The van der Waals surface area contributed by atoms with Crippen molar-refractivity contribution in [2.45, 2.75) is 87.5 Å². The minimum atomic E-state index is -1.94. The number of anilines is 1. The van der Waals surface area contributed by atoms with Gasteiger partial charge in [-0.25, -0.2) is 4.79 Å². The van der Waals surface area contributed by atoms with Crippen LogP contribution in [0, 0.1) is 11.3 Å². The maximum Gasteiger partial charge on any atom is 0.338 e. The fourth-order valence-electron chi connectivity index (χ4n) is 13.8. The van der Waals surface area contributed by atoms with Crippen molar-refractivity contribution in [3.63, 3.8) is 0 Å². The second kappa shape index (κ2) is 16.0. The number of carbonyl (C=O) groups excluding carboxylic acids is 3. The SMILES string of the molecule is CCC1=C[C@@H]2CN(CCc3c([nH]c4ccccc34)[C@@](C(=O)OC)(c3cc4c(cc3OC)N(C)[C@H]3[C@@](O)(COC(=O)c5ccc(Cl)cc5)[C@H](OC(C)=O)[C@]5(CC)C=CCN6CC[C@]43C65)C2)C1.